The van der Waals surface area contributed by atoms with Crippen molar-refractivity contribution in [3.05, 3.63) is 53.1 Å². The molecule has 7 rings (SSSR count). The number of alkyl halides is 3. The molecule has 0 N–H and O–H groups in total. The van der Waals surface area contributed by atoms with Crippen molar-refractivity contribution in [3.8, 4) is 0 Å². The molecule has 6 unspecified atom stereocenters. The number of nitrogens with zero attached hydrogens (tertiary/aromatic N) is 1. The van der Waals surface area contributed by atoms with Gasteiger partial charge in [-0.15, -0.1) is 0 Å². The topological polar surface area (TPSA) is 111 Å². The van der Waals surface area contributed by atoms with E-state index in [1.807, 2.05) is 20.8 Å². The highest BCUT2D eigenvalue weighted by Crippen LogP contribution is 2.59. The van der Waals surface area contributed by atoms with Crippen molar-refractivity contribution >= 4 is 17.3 Å². The van der Waals surface area contributed by atoms with Crippen molar-refractivity contribution in [2.45, 2.75) is 159 Å². The van der Waals surface area contributed by atoms with Gasteiger partial charge in [0.05, 0.1) is 36.4 Å². The monoisotopic (exact) mass is 875 g/mol. The molecule has 1 aromatic rings. The van der Waals surface area contributed by atoms with Crippen LogP contribution in [-0.2, 0) is 53.7 Å². The molecule has 1 aromatic carbocycles. The number of likely N-dealkylation sites (N-methyl/N-ethyl adjacent to an activating group) is 1. The molecule has 62 heavy (non-hydrogen) atoms. The third-order valence-corrected chi connectivity index (χ3v) is 14.9. The highest BCUT2D eigenvalue weighted by Gasteiger charge is 2.55. The number of carbonyl (C=O) groups is 2. The zero-order valence-corrected chi connectivity index (χ0v) is 37.8. The van der Waals surface area contributed by atoms with Gasteiger partial charge in [0.2, 0.25) is 0 Å². The lowest BCUT2D eigenvalue weighted by molar-refractivity contribution is -0.314. The van der Waals surface area contributed by atoms with Gasteiger partial charge in [-0.05, 0) is 132 Å². The van der Waals surface area contributed by atoms with E-state index in [1.165, 1.54) is 12.1 Å². The van der Waals surface area contributed by atoms with E-state index in [4.69, 9.17) is 37.9 Å². The fourth-order valence-electron chi connectivity index (χ4n) is 11.7. The SMILES string of the molecule is CC[C@H]1CCC[C@H](O[C@H]2CC[C@H](N(C)C)C(C)O2)[C@@H](C)C(=O)C2=C[C@@H]3C(C(c4ccc(C(F)(F)F)cc4)=CC4C[C@@H](O[C@@H]5OC(C)[C@H](OC)C(OC)C5OC)C[C@H]43)[C@@H]2CC(=O)O1. The Morgan fingerprint density at radius 2 is 1.52 bits per heavy atom. The summed E-state index contributed by atoms with van der Waals surface area (Å²) in [5, 5.41) is 0. The first-order chi connectivity index (χ1) is 29.6. The molecule has 11 nitrogen and oxygen atoms in total. The van der Waals surface area contributed by atoms with Crippen LogP contribution in [0.15, 0.2) is 42.0 Å². The minimum absolute atomic E-state index is 0.0159. The van der Waals surface area contributed by atoms with Crippen LogP contribution in [-0.4, -0.2) is 120 Å². The number of ether oxygens (including phenoxy) is 8. The van der Waals surface area contributed by atoms with E-state index in [9.17, 15) is 18.0 Å². The number of hydrogen-bond donors (Lipinski definition) is 0. The molecule has 4 fully saturated rings. The van der Waals surface area contributed by atoms with Crippen LogP contribution in [0.4, 0.5) is 13.2 Å². The average Bonchev–Trinajstić information content (AvgIpc) is 3.82. The van der Waals surface area contributed by atoms with Crippen molar-refractivity contribution in [2.24, 2.45) is 35.5 Å². The van der Waals surface area contributed by atoms with E-state index >= 15 is 4.79 Å². The van der Waals surface area contributed by atoms with Crippen molar-refractivity contribution in [2.75, 3.05) is 35.4 Å². The largest absolute Gasteiger partial charge is 0.462 e. The van der Waals surface area contributed by atoms with Crippen LogP contribution in [0, 0.1) is 35.5 Å². The van der Waals surface area contributed by atoms with Crippen LogP contribution >= 0.6 is 0 Å². The molecule has 3 aliphatic carbocycles. The zero-order valence-electron chi connectivity index (χ0n) is 37.8. The summed E-state index contributed by atoms with van der Waals surface area (Å²) in [4.78, 5) is 31.3. The first-order valence-corrected chi connectivity index (χ1v) is 22.8. The number of carbonyl (C=O) groups excluding carboxylic acids is 2. The van der Waals surface area contributed by atoms with E-state index in [2.05, 4.69) is 38.1 Å². The summed E-state index contributed by atoms with van der Waals surface area (Å²) in [6.07, 6.45) is 1.23. The molecule has 0 aromatic heterocycles. The number of hydrogen-bond acceptors (Lipinski definition) is 11. The molecule has 6 aliphatic rings. The third kappa shape index (κ3) is 9.78. The van der Waals surface area contributed by atoms with Crippen LogP contribution in [0.25, 0.3) is 5.57 Å². The maximum absolute atomic E-state index is 15.1. The molecule has 0 radical (unpaired) electrons. The number of cyclic esters (lactones) is 1. The lowest BCUT2D eigenvalue weighted by Gasteiger charge is -2.44. The number of fused-ring (bicyclic) bond motifs is 5. The summed E-state index contributed by atoms with van der Waals surface area (Å²) >= 11 is 0. The maximum atomic E-state index is 15.1. The van der Waals surface area contributed by atoms with Crippen molar-refractivity contribution in [1.29, 1.82) is 0 Å². The molecule has 3 saturated heterocycles. The predicted octanol–water partition coefficient (Wildman–Crippen LogP) is 8.03. The summed E-state index contributed by atoms with van der Waals surface area (Å²) in [6.45, 7) is 7.91. The van der Waals surface area contributed by atoms with Gasteiger partial charge in [-0.1, -0.05) is 38.1 Å². The third-order valence-electron chi connectivity index (χ3n) is 14.9. The second-order valence-corrected chi connectivity index (χ2v) is 18.8. The fourth-order valence-corrected chi connectivity index (χ4v) is 11.7. The molecule has 0 spiro atoms. The first kappa shape index (κ1) is 47.3. The van der Waals surface area contributed by atoms with Gasteiger partial charge < -0.3 is 42.8 Å². The maximum Gasteiger partial charge on any atom is 0.416 e. The Hall–Kier alpha value is -2.69. The lowest BCUT2D eigenvalue weighted by Crippen LogP contribution is -2.59. The molecule has 3 aliphatic heterocycles. The fraction of sp³-hybridized carbons (Fsp3) is 0.750. The van der Waals surface area contributed by atoms with Crippen LogP contribution in [0.2, 0.25) is 0 Å². The standard InChI is InChI=1S/C48H68F3NO10/c1-10-31-12-11-13-39(62-41-19-18-38(52(5)6)26(3)58-41)25(2)43(54)37-23-35-33-22-32(61-47-46(57-9)45(56-8)44(55-7)27(4)59-47)20-29(33)21-34(42(35)36(37)24-40(53)60-31)28-14-16-30(17-15-28)48(49,50)51/h14-17,21,23,25-27,29,31-33,35-36,38-39,41-42,44-47H,10-13,18-20,22,24H2,1-9H3/t25-,26?,27?,29?,31+,32-,33-,35+,36-,38+,39+,41+,42?,44+,45?,46?,47+/m1/s1. The second-order valence-electron chi connectivity index (χ2n) is 18.8. The molecule has 3 heterocycles. The highest BCUT2D eigenvalue weighted by atomic mass is 19.4. The van der Waals surface area contributed by atoms with Crippen LogP contribution in [0.1, 0.15) is 96.6 Å². The van der Waals surface area contributed by atoms with Gasteiger partial charge in [0.15, 0.2) is 18.4 Å². The summed E-state index contributed by atoms with van der Waals surface area (Å²) in [5.74, 6) is -2.13. The molecular formula is C48H68F3NO10. The summed E-state index contributed by atoms with van der Waals surface area (Å²) in [7, 11) is 8.91. The van der Waals surface area contributed by atoms with E-state index in [0.717, 1.165) is 24.1 Å². The van der Waals surface area contributed by atoms with Crippen molar-refractivity contribution < 1.29 is 60.7 Å². The average molecular weight is 876 g/mol. The number of rotatable bonds is 10. The van der Waals surface area contributed by atoms with E-state index in [1.54, 1.807) is 21.3 Å². The summed E-state index contributed by atoms with van der Waals surface area (Å²) in [5.41, 5.74) is 1.30. The Balaban J connectivity index is 1.23. The normalized spacial score (nSPS) is 40.7. The molecule has 14 heteroatoms. The number of methoxy groups -OCH3 is 3. The Morgan fingerprint density at radius 3 is 2.15 bits per heavy atom. The molecular weight excluding hydrogens is 808 g/mol. The van der Waals surface area contributed by atoms with Crippen LogP contribution < -0.4 is 0 Å². The number of esters is 1. The zero-order chi connectivity index (χ0) is 44.6. The van der Waals surface area contributed by atoms with Crippen LogP contribution in [0.3, 0.4) is 0 Å². The predicted molar refractivity (Wildman–Crippen MR) is 225 cm³/mol. The Morgan fingerprint density at radius 1 is 0.806 bits per heavy atom. The quantitative estimate of drug-likeness (QED) is 0.213. The van der Waals surface area contributed by atoms with Crippen molar-refractivity contribution in [3.63, 3.8) is 0 Å². The van der Waals surface area contributed by atoms with Gasteiger partial charge >= 0.3 is 12.1 Å². The van der Waals surface area contributed by atoms with E-state index in [-0.39, 0.29) is 78.4 Å². The molecule has 0 bridgehead atoms. The number of allylic oxidation sites excluding steroid dienone is 4. The number of benzene rings is 1. The second kappa shape index (κ2) is 19.8. The molecule has 17 atom stereocenters. The molecule has 0 amide bonds. The minimum atomic E-state index is -4.50. The summed E-state index contributed by atoms with van der Waals surface area (Å²) in [6, 6.07) is 5.52. The van der Waals surface area contributed by atoms with Gasteiger partial charge in [0.25, 0.3) is 0 Å². The highest BCUT2D eigenvalue weighted by molar-refractivity contribution is 5.99. The van der Waals surface area contributed by atoms with E-state index < -0.39 is 54.5 Å². The number of halogens is 3. The Kier molecular flexibility index (Phi) is 15.1. The van der Waals surface area contributed by atoms with Gasteiger partial charge in [-0.3, -0.25) is 9.59 Å². The summed E-state index contributed by atoms with van der Waals surface area (Å²) < 4.78 is 91.4. The number of Topliss-reactive ketones (excluding diaryl/α,β-unsaturated/α-hetero) is 1. The number of ketones is 1. The minimum Gasteiger partial charge on any atom is -0.462 e. The van der Waals surface area contributed by atoms with E-state index in [0.29, 0.717) is 56.1 Å². The Labute approximate surface area is 365 Å². The first-order valence-electron chi connectivity index (χ1n) is 22.8. The van der Waals surface area contributed by atoms with Gasteiger partial charge in [0.1, 0.15) is 24.4 Å². The van der Waals surface area contributed by atoms with Crippen molar-refractivity contribution in [1.82, 2.24) is 4.90 Å². The van der Waals surface area contributed by atoms with Gasteiger partial charge in [-0.25, -0.2) is 0 Å². The molecule has 1 saturated carbocycles. The molecule has 346 valence electrons. The lowest BCUT2D eigenvalue weighted by atomic mass is 9.65. The van der Waals surface area contributed by atoms with Crippen LogP contribution in [0.5, 0.6) is 0 Å². The smallest absolute Gasteiger partial charge is 0.416 e. The van der Waals surface area contributed by atoms with Gasteiger partial charge in [0, 0.05) is 39.2 Å². The van der Waals surface area contributed by atoms with Gasteiger partial charge in [-0.2, -0.15) is 13.2 Å². The Bertz CT molecular complexity index is 1770.